The van der Waals surface area contributed by atoms with Crippen LogP contribution in [0.1, 0.15) is 6.92 Å². The number of hydrogen-bond acceptors (Lipinski definition) is 2. The van der Waals surface area contributed by atoms with Crippen molar-refractivity contribution in [2.45, 2.75) is 13.1 Å². The molecule has 1 N–H and O–H groups in total. The quantitative estimate of drug-likeness (QED) is 0.738. The highest BCUT2D eigenvalue weighted by atomic mass is 19.4. The number of nitrogens with one attached hydrogen (secondary N) is 1. The molecule has 0 aromatic rings. The molecule has 0 aromatic carbocycles. The normalized spacial score (nSPS) is 29.5. The van der Waals surface area contributed by atoms with Gasteiger partial charge in [-0.25, -0.2) is 0 Å². The van der Waals surface area contributed by atoms with Gasteiger partial charge in [-0.1, -0.05) is 0 Å². The molecular formula is C8H14F3NO. The van der Waals surface area contributed by atoms with Crippen molar-refractivity contribution in [1.82, 2.24) is 5.32 Å². The van der Waals surface area contributed by atoms with Crippen LogP contribution in [0.25, 0.3) is 0 Å². The first-order valence-corrected chi connectivity index (χ1v) is 4.41. The van der Waals surface area contributed by atoms with Gasteiger partial charge < -0.3 is 10.1 Å². The summed E-state index contributed by atoms with van der Waals surface area (Å²) >= 11 is 0. The van der Waals surface area contributed by atoms with Gasteiger partial charge in [0, 0.05) is 25.6 Å². The maximum absolute atomic E-state index is 12.3. The fourth-order valence-corrected chi connectivity index (χ4v) is 1.56. The lowest BCUT2D eigenvalue weighted by Crippen LogP contribution is -2.31. The van der Waals surface area contributed by atoms with E-state index in [1.165, 1.54) is 0 Å². The van der Waals surface area contributed by atoms with Crippen LogP contribution in [0.4, 0.5) is 13.2 Å². The van der Waals surface area contributed by atoms with E-state index in [9.17, 15) is 13.2 Å². The van der Waals surface area contributed by atoms with Crippen molar-refractivity contribution in [3.8, 4) is 0 Å². The number of ether oxygens (including phenoxy) is 1. The molecule has 0 amide bonds. The van der Waals surface area contributed by atoms with Gasteiger partial charge in [-0.2, -0.15) is 13.2 Å². The standard InChI is InChI=1S/C8H14F3NO/c1-2-13-5-6-3-12-4-7(6)8(9,10)11/h6-7,12H,2-5H2,1H3. The van der Waals surface area contributed by atoms with E-state index in [0.717, 1.165) is 0 Å². The van der Waals surface area contributed by atoms with E-state index in [4.69, 9.17) is 4.74 Å². The third-order valence-corrected chi connectivity index (χ3v) is 2.30. The average Bonchev–Trinajstić information content (AvgIpc) is 2.47. The van der Waals surface area contributed by atoms with Crippen LogP contribution in [0.5, 0.6) is 0 Å². The lowest BCUT2D eigenvalue weighted by molar-refractivity contribution is -0.183. The molecule has 0 aromatic heterocycles. The van der Waals surface area contributed by atoms with Gasteiger partial charge in [-0.15, -0.1) is 0 Å². The van der Waals surface area contributed by atoms with Gasteiger partial charge >= 0.3 is 6.18 Å². The topological polar surface area (TPSA) is 21.3 Å². The Labute approximate surface area is 75.4 Å². The Balaban J connectivity index is 2.44. The van der Waals surface area contributed by atoms with Crippen LogP contribution in [-0.2, 0) is 4.74 Å². The summed E-state index contributed by atoms with van der Waals surface area (Å²) < 4.78 is 42.0. The Morgan fingerprint density at radius 3 is 2.62 bits per heavy atom. The van der Waals surface area contributed by atoms with Gasteiger partial charge in [0.2, 0.25) is 0 Å². The van der Waals surface area contributed by atoms with Crippen LogP contribution in [0.2, 0.25) is 0 Å². The maximum atomic E-state index is 12.3. The lowest BCUT2D eigenvalue weighted by Gasteiger charge is -2.20. The smallest absolute Gasteiger partial charge is 0.381 e. The second kappa shape index (κ2) is 4.28. The first kappa shape index (κ1) is 10.8. The summed E-state index contributed by atoms with van der Waals surface area (Å²) in [4.78, 5) is 0. The molecule has 0 saturated carbocycles. The minimum absolute atomic E-state index is 0.0290. The Bertz CT molecular complexity index is 160. The van der Waals surface area contributed by atoms with Crippen LogP contribution in [0.15, 0.2) is 0 Å². The van der Waals surface area contributed by atoms with Crippen LogP contribution < -0.4 is 5.32 Å². The molecular weight excluding hydrogens is 183 g/mol. The van der Waals surface area contributed by atoms with Crippen molar-refractivity contribution >= 4 is 0 Å². The van der Waals surface area contributed by atoms with Crippen LogP contribution in [0, 0.1) is 11.8 Å². The zero-order valence-corrected chi connectivity index (χ0v) is 7.53. The summed E-state index contributed by atoms with van der Waals surface area (Å²) in [7, 11) is 0. The Kier molecular flexibility index (Phi) is 3.55. The van der Waals surface area contributed by atoms with Crippen molar-refractivity contribution in [2.24, 2.45) is 11.8 Å². The zero-order chi connectivity index (χ0) is 9.90. The summed E-state index contributed by atoms with van der Waals surface area (Å²) in [6.45, 7) is 2.89. The van der Waals surface area contributed by atoms with Crippen molar-refractivity contribution in [1.29, 1.82) is 0 Å². The van der Waals surface area contributed by atoms with Gasteiger partial charge in [0.1, 0.15) is 0 Å². The van der Waals surface area contributed by atoms with Crippen molar-refractivity contribution < 1.29 is 17.9 Å². The van der Waals surface area contributed by atoms with Crippen LogP contribution >= 0.6 is 0 Å². The van der Waals surface area contributed by atoms with E-state index < -0.39 is 18.0 Å². The molecule has 2 unspecified atom stereocenters. The fourth-order valence-electron chi connectivity index (χ4n) is 1.56. The monoisotopic (exact) mass is 197 g/mol. The number of hydrogen-bond donors (Lipinski definition) is 1. The average molecular weight is 197 g/mol. The lowest BCUT2D eigenvalue weighted by atomic mass is 9.96. The molecule has 5 heteroatoms. The highest BCUT2D eigenvalue weighted by Crippen LogP contribution is 2.34. The molecule has 1 heterocycles. The van der Waals surface area contributed by atoms with Gasteiger partial charge in [0.15, 0.2) is 0 Å². The SMILES string of the molecule is CCOCC1CNCC1C(F)(F)F. The molecule has 1 aliphatic rings. The molecule has 78 valence electrons. The largest absolute Gasteiger partial charge is 0.393 e. The summed E-state index contributed by atoms with van der Waals surface area (Å²) in [6, 6.07) is 0. The second-order valence-electron chi connectivity index (χ2n) is 3.23. The van der Waals surface area contributed by atoms with E-state index in [2.05, 4.69) is 5.32 Å². The first-order chi connectivity index (χ1) is 6.05. The molecule has 13 heavy (non-hydrogen) atoms. The Morgan fingerprint density at radius 1 is 1.38 bits per heavy atom. The van der Waals surface area contributed by atoms with Crippen LogP contribution in [0.3, 0.4) is 0 Å². The van der Waals surface area contributed by atoms with Crippen molar-refractivity contribution in [3.05, 3.63) is 0 Å². The summed E-state index contributed by atoms with van der Waals surface area (Å²) in [5.74, 6) is -1.65. The summed E-state index contributed by atoms with van der Waals surface area (Å²) in [5, 5.41) is 2.74. The molecule has 1 fully saturated rings. The second-order valence-corrected chi connectivity index (χ2v) is 3.23. The molecule has 2 nitrogen and oxygen atoms in total. The summed E-state index contributed by atoms with van der Waals surface area (Å²) in [5.41, 5.74) is 0. The van der Waals surface area contributed by atoms with E-state index in [0.29, 0.717) is 13.2 Å². The third kappa shape index (κ3) is 2.84. The first-order valence-electron chi connectivity index (χ1n) is 4.41. The third-order valence-electron chi connectivity index (χ3n) is 2.30. The number of alkyl halides is 3. The van der Waals surface area contributed by atoms with Gasteiger partial charge in [-0.05, 0) is 6.92 Å². The molecule has 0 bridgehead atoms. The highest BCUT2D eigenvalue weighted by Gasteiger charge is 2.46. The molecule has 0 spiro atoms. The van der Waals surface area contributed by atoms with E-state index >= 15 is 0 Å². The summed E-state index contributed by atoms with van der Waals surface area (Å²) in [6.07, 6.45) is -4.09. The van der Waals surface area contributed by atoms with Gasteiger partial charge in [-0.3, -0.25) is 0 Å². The fraction of sp³-hybridized carbons (Fsp3) is 1.00. The molecule has 1 saturated heterocycles. The molecule has 0 radical (unpaired) electrons. The molecule has 0 aliphatic carbocycles. The predicted octanol–water partition coefficient (Wildman–Crippen LogP) is 1.42. The minimum atomic E-state index is -4.09. The minimum Gasteiger partial charge on any atom is -0.381 e. The van der Waals surface area contributed by atoms with Gasteiger partial charge in [0.05, 0.1) is 12.5 Å². The van der Waals surface area contributed by atoms with Crippen LogP contribution in [-0.4, -0.2) is 32.5 Å². The molecule has 1 aliphatic heterocycles. The van der Waals surface area contributed by atoms with Crippen molar-refractivity contribution in [2.75, 3.05) is 26.3 Å². The van der Waals surface area contributed by atoms with Gasteiger partial charge in [0.25, 0.3) is 0 Å². The van der Waals surface area contributed by atoms with E-state index in [-0.39, 0.29) is 13.2 Å². The molecule has 2 atom stereocenters. The zero-order valence-electron chi connectivity index (χ0n) is 7.53. The van der Waals surface area contributed by atoms with Crippen molar-refractivity contribution in [3.63, 3.8) is 0 Å². The molecule has 1 rings (SSSR count). The van der Waals surface area contributed by atoms with E-state index in [1.807, 2.05) is 0 Å². The Hall–Kier alpha value is -0.290. The Morgan fingerprint density at radius 2 is 2.08 bits per heavy atom. The number of rotatable bonds is 3. The van der Waals surface area contributed by atoms with E-state index in [1.54, 1.807) is 6.92 Å². The number of halogens is 3. The highest BCUT2D eigenvalue weighted by molar-refractivity contribution is 4.85. The predicted molar refractivity (Wildman–Crippen MR) is 42.4 cm³/mol. The maximum Gasteiger partial charge on any atom is 0.393 e.